The minimum atomic E-state index is -0.334. The molecule has 3 rings (SSSR count). The van der Waals surface area contributed by atoms with Crippen molar-refractivity contribution < 1.29 is 9.53 Å². The normalized spacial score (nSPS) is 10.7. The number of nitrogen functional groups attached to an aromatic ring is 1. The van der Waals surface area contributed by atoms with Crippen LogP contribution in [0.1, 0.15) is 16.6 Å². The number of hydrogen-bond donors (Lipinski definition) is 1. The van der Waals surface area contributed by atoms with Gasteiger partial charge in [-0.2, -0.15) is 0 Å². The Kier molecular flexibility index (Phi) is 3.53. The molecule has 0 aliphatic heterocycles. The number of nitrogens with zero attached hydrogens (tertiary/aromatic N) is 2. The monoisotopic (exact) mass is 299 g/mol. The van der Waals surface area contributed by atoms with E-state index in [1.54, 1.807) is 13.0 Å². The smallest absolute Gasteiger partial charge is 0.348 e. The van der Waals surface area contributed by atoms with Crippen LogP contribution < -0.4 is 5.73 Å². The number of hydrogen-bond acceptors (Lipinski definition) is 6. The summed E-state index contributed by atoms with van der Waals surface area (Å²) in [4.78, 5) is 21.7. The van der Waals surface area contributed by atoms with Crippen molar-refractivity contribution in [1.82, 2.24) is 9.97 Å². The number of fused-ring (bicyclic) bond motifs is 1. The Labute approximate surface area is 125 Å². The largest absolute Gasteiger partial charge is 0.462 e. The second-order valence-electron chi connectivity index (χ2n) is 4.40. The number of nitrogens with two attached hydrogens (primary N) is 1. The average Bonchev–Trinajstić information content (AvgIpc) is 2.91. The molecule has 0 amide bonds. The molecule has 0 radical (unpaired) electrons. The lowest BCUT2D eigenvalue weighted by molar-refractivity contribution is 0.0532. The predicted molar refractivity (Wildman–Crippen MR) is 83.2 cm³/mol. The van der Waals surface area contributed by atoms with Crippen LogP contribution in [0.3, 0.4) is 0 Å². The second-order valence-corrected chi connectivity index (χ2v) is 5.43. The Hall–Kier alpha value is -2.47. The number of benzene rings is 1. The molecule has 5 nitrogen and oxygen atoms in total. The van der Waals surface area contributed by atoms with Gasteiger partial charge in [-0.25, -0.2) is 14.8 Å². The summed E-state index contributed by atoms with van der Waals surface area (Å²) >= 11 is 1.30. The van der Waals surface area contributed by atoms with Gasteiger partial charge in [-0.3, -0.25) is 0 Å². The van der Waals surface area contributed by atoms with Gasteiger partial charge >= 0.3 is 5.97 Å². The van der Waals surface area contributed by atoms with Crippen molar-refractivity contribution in [2.24, 2.45) is 0 Å². The highest BCUT2D eigenvalue weighted by molar-refractivity contribution is 7.20. The maximum Gasteiger partial charge on any atom is 0.348 e. The first-order chi connectivity index (χ1) is 10.2. The quantitative estimate of drug-likeness (QED) is 0.594. The molecule has 0 unspecified atom stereocenters. The molecule has 0 aliphatic rings. The number of carbonyl (C=O) groups excluding carboxylic acids is 1. The molecule has 0 spiro atoms. The Morgan fingerprint density at radius 3 is 2.95 bits per heavy atom. The summed E-state index contributed by atoms with van der Waals surface area (Å²) in [5.41, 5.74) is 8.15. The molecule has 3 aromatic rings. The van der Waals surface area contributed by atoms with Gasteiger partial charge in [0.1, 0.15) is 16.0 Å². The number of esters is 1. The van der Waals surface area contributed by atoms with Crippen molar-refractivity contribution in [3.05, 3.63) is 41.5 Å². The zero-order chi connectivity index (χ0) is 14.8. The van der Waals surface area contributed by atoms with Crippen molar-refractivity contribution in [1.29, 1.82) is 0 Å². The molecular formula is C15H13N3O2S. The number of aromatic nitrogens is 2. The van der Waals surface area contributed by atoms with E-state index in [4.69, 9.17) is 10.5 Å². The highest BCUT2D eigenvalue weighted by atomic mass is 32.1. The molecule has 0 bridgehead atoms. The number of rotatable bonds is 3. The summed E-state index contributed by atoms with van der Waals surface area (Å²) in [6.45, 7) is 2.13. The summed E-state index contributed by atoms with van der Waals surface area (Å²) in [5.74, 6) is -0.334. The van der Waals surface area contributed by atoms with E-state index in [-0.39, 0.29) is 5.97 Å². The van der Waals surface area contributed by atoms with Gasteiger partial charge in [-0.15, -0.1) is 11.3 Å². The fraction of sp³-hybridized carbons (Fsp3) is 0.133. The molecule has 0 atom stereocenters. The van der Waals surface area contributed by atoms with E-state index < -0.39 is 0 Å². The van der Waals surface area contributed by atoms with Crippen LogP contribution in [0.5, 0.6) is 0 Å². The molecule has 2 aromatic heterocycles. The first kappa shape index (κ1) is 13.5. The van der Waals surface area contributed by atoms with Crippen LogP contribution in [0.15, 0.2) is 36.7 Å². The molecule has 2 heterocycles. The molecule has 106 valence electrons. The zero-order valence-corrected chi connectivity index (χ0v) is 12.2. The van der Waals surface area contributed by atoms with Crippen LogP contribution in [0.4, 0.5) is 5.69 Å². The van der Waals surface area contributed by atoms with Crippen molar-refractivity contribution in [2.75, 3.05) is 12.3 Å². The molecule has 1 aromatic carbocycles. The third kappa shape index (κ3) is 2.57. The first-order valence-corrected chi connectivity index (χ1v) is 7.28. The van der Waals surface area contributed by atoms with Gasteiger partial charge in [-0.05, 0) is 25.1 Å². The van der Waals surface area contributed by atoms with Gasteiger partial charge in [0, 0.05) is 16.6 Å². The highest BCUT2D eigenvalue weighted by Crippen LogP contribution is 2.32. The predicted octanol–water partition coefficient (Wildman–Crippen LogP) is 3.12. The summed E-state index contributed by atoms with van der Waals surface area (Å²) in [7, 11) is 0. The summed E-state index contributed by atoms with van der Waals surface area (Å²) in [6.07, 6.45) is 1.49. The molecular weight excluding hydrogens is 286 g/mol. The molecule has 6 heteroatoms. The van der Waals surface area contributed by atoms with Crippen molar-refractivity contribution in [3.63, 3.8) is 0 Å². The molecule has 0 aliphatic carbocycles. The lowest BCUT2D eigenvalue weighted by Crippen LogP contribution is -2.01. The summed E-state index contributed by atoms with van der Waals surface area (Å²) in [5, 5.41) is 0.830. The van der Waals surface area contributed by atoms with Gasteiger partial charge in [0.05, 0.1) is 12.3 Å². The van der Waals surface area contributed by atoms with E-state index >= 15 is 0 Å². The maximum atomic E-state index is 11.8. The van der Waals surface area contributed by atoms with Crippen LogP contribution in [-0.4, -0.2) is 22.5 Å². The number of thiophene rings is 1. The Bertz CT molecular complexity index is 814. The topological polar surface area (TPSA) is 78.1 Å². The lowest BCUT2D eigenvalue weighted by Gasteiger charge is -2.02. The van der Waals surface area contributed by atoms with Crippen LogP contribution in [-0.2, 0) is 4.74 Å². The highest BCUT2D eigenvalue weighted by Gasteiger charge is 2.15. The van der Waals surface area contributed by atoms with E-state index in [0.717, 1.165) is 21.5 Å². The van der Waals surface area contributed by atoms with Gasteiger partial charge in [0.25, 0.3) is 0 Å². The van der Waals surface area contributed by atoms with Crippen molar-refractivity contribution in [3.8, 4) is 11.3 Å². The van der Waals surface area contributed by atoms with E-state index in [9.17, 15) is 4.79 Å². The van der Waals surface area contributed by atoms with Crippen molar-refractivity contribution in [2.45, 2.75) is 6.92 Å². The minimum absolute atomic E-state index is 0.334. The maximum absolute atomic E-state index is 11.8. The Balaban J connectivity index is 2.14. The lowest BCUT2D eigenvalue weighted by atomic mass is 10.1. The van der Waals surface area contributed by atoms with Gasteiger partial charge < -0.3 is 10.5 Å². The second kappa shape index (κ2) is 5.49. The zero-order valence-electron chi connectivity index (χ0n) is 11.4. The molecule has 2 N–H and O–H groups in total. The first-order valence-electron chi connectivity index (χ1n) is 6.46. The Morgan fingerprint density at radius 2 is 2.19 bits per heavy atom. The van der Waals surface area contributed by atoms with Crippen molar-refractivity contribution >= 4 is 33.2 Å². The Morgan fingerprint density at radius 1 is 1.33 bits per heavy atom. The molecule has 0 saturated carbocycles. The summed E-state index contributed by atoms with van der Waals surface area (Å²) < 4.78 is 5.03. The molecule has 0 saturated heterocycles. The minimum Gasteiger partial charge on any atom is -0.462 e. The fourth-order valence-electron chi connectivity index (χ4n) is 2.07. The number of anilines is 1. The van der Waals surface area contributed by atoms with E-state index in [2.05, 4.69) is 9.97 Å². The van der Waals surface area contributed by atoms with E-state index in [0.29, 0.717) is 17.2 Å². The van der Waals surface area contributed by atoms with Gasteiger partial charge in [-0.1, -0.05) is 12.1 Å². The van der Waals surface area contributed by atoms with Crippen LogP contribution in [0.2, 0.25) is 0 Å². The third-order valence-corrected chi connectivity index (χ3v) is 3.99. The van der Waals surface area contributed by atoms with Crippen LogP contribution in [0, 0.1) is 0 Å². The van der Waals surface area contributed by atoms with E-state index in [1.165, 1.54) is 17.7 Å². The van der Waals surface area contributed by atoms with Gasteiger partial charge in [0.15, 0.2) is 0 Å². The molecule has 0 fully saturated rings. The van der Waals surface area contributed by atoms with Crippen LogP contribution in [0.25, 0.3) is 21.5 Å². The average molecular weight is 299 g/mol. The van der Waals surface area contributed by atoms with E-state index in [1.807, 2.05) is 24.3 Å². The molecule has 21 heavy (non-hydrogen) atoms. The SMILES string of the molecule is CCOC(=O)c1cc2c(-c3cccc(N)c3)ncnc2s1. The standard InChI is InChI=1S/C15H13N3O2S/c1-2-20-15(19)12-7-11-13(17-8-18-14(11)21-12)9-4-3-5-10(16)6-9/h3-8H,2,16H2,1H3. The number of carbonyl (C=O) groups is 1. The summed E-state index contributed by atoms with van der Waals surface area (Å²) in [6, 6.07) is 9.25. The number of ether oxygens (including phenoxy) is 1. The third-order valence-electron chi connectivity index (χ3n) is 2.97. The van der Waals surface area contributed by atoms with Crippen LogP contribution >= 0.6 is 11.3 Å². The fourth-order valence-corrected chi connectivity index (χ4v) is 2.97. The van der Waals surface area contributed by atoms with Gasteiger partial charge in [0.2, 0.25) is 0 Å².